The number of nitrogens with zero attached hydrogens (tertiary/aromatic N) is 4. The van der Waals surface area contributed by atoms with Gasteiger partial charge in [0.2, 0.25) is 11.8 Å². The van der Waals surface area contributed by atoms with Crippen LogP contribution in [0.1, 0.15) is 82.5 Å². The molecule has 2 aliphatic carbocycles. The Morgan fingerprint density at radius 3 is 2.58 bits per heavy atom. The summed E-state index contributed by atoms with van der Waals surface area (Å²) in [6.45, 7) is 2.82. The van der Waals surface area contributed by atoms with Gasteiger partial charge in [0, 0.05) is 36.2 Å². The van der Waals surface area contributed by atoms with Crippen molar-refractivity contribution in [3.05, 3.63) is 52.8 Å². The summed E-state index contributed by atoms with van der Waals surface area (Å²) >= 11 is 0. The molecule has 10 heteroatoms. The molecule has 3 aromatic rings. The Hall–Kier alpha value is -4.08. The SMILES string of the molecule is Cc1cnc2c(c1)c(C1CC1)nn2C1CC(CNc2ccc3c(c2)C(=O)N(C2CCC(=O)NC2=O)C3=O)C1. The molecule has 0 bridgehead atoms. The zero-order chi connectivity index (χ0) is 26.1. The lowest BCUT2D eigenvalue weighted by Gasteiger charge is -2.35. The Morgan fingerprint density at radius 2 is 1.82 bits per heavy atom. The van der Waals surface area contributed by atoms with Gasteiger partial charge in [0.15, 0.2) is 5.65 Å². The maximum absolute atomic E-state index is 13.1. The Kier molecular flexibility index (Phi) is 5.14. The molecule has 194 valence electrons. The zero-order valence-corrected chi connectivity index (χ0v) is 21.1. The number of imide groups is 2. The van der Waals surface area contributed by atoms with Crippen molar-refractivity contribution in [1.29, 1.82) is 0 Å². The molecular formula is C28H28N6O4. The summed E-state index contributed by atoms with van der Waals surface area (Å²) in [6, 6.07) is 6.69. The van der Waals surface area contributed by atoms with E-state index in [1.165, 1.54) is 23.9 Å². The van der Waals surface area contributed by atoms with Crippen LogP contribution in [0.2, 0.25) is 0 Å². The number of fused-ring (bicyclic) bond motifs is 2. The summed E-state index contributed by atoms with van der Waals surface area (Å²) in [5, 5.41) is 11.8. The van der Waals surface area contributed by atoms with Gasteiger partial charge < -0.3 is 5.32 Å². The molecule has 1 aromatic carbocycles. The van der Waals surface area contributed by atoms with Crippen LogP contribution in [0, 0.1) is 12.8 Å². The van der Waals surface area contributed by atoms with Gasteiger partial charge in [-0.25, -0.2) is 9.67 Å². The molecule has 4 heterocycles. The van der Waals surface area contributed by atoms with Gasteiger partial charge in [0.25, 0.3) is 11.8 Å². The third-order valence-corrected chi connectivity index (χ3v) is 8.27. The number of hydrogen-bond donors (Lipinski definition) is 2. The Balaban J connectivity index is 1.01. The average molecular weight is 513 g/mol. The Labute approximate surface area is 218 Å². The van der Waals surface area contributed by atoms with Crippen LogP contribution >= 0.6 is 0 Å². The summed E-state index contributed by atoms with van der Waals surface area (Å²) in [6.07, 6.45) is 6.56. The van der Waals surface area contributed by atoms with Crippen LogP contribution < -0.4 is 10.6 Å². The third kappa shape index (κ3) is 3.69. The number of rotatable bonds is 6. The third-order valence-electron chi connectivity index (χ3n) is 8.27. The summed E-state index contributed by atoms with van der Waals surface area (Å²) in [5.74, 6) is -0.948. The van der Waals surface area contributed by atoms with Gasteiger partial charge >= 0.3 is 0 Å². The number of benzene rings is 1. The lowest BCUT2D eigenvalue weighted by Crippen LogP contribution is -2.54. The molecule has 4 amide bonds. The highest BCUT2D eigenvalue weighted by Gasteiger charge is 2.44. The number of piperidine rings is 1. The monoisotopic (exact) mass is 512 g/mol. The number of pyridine rings is 1. The molecular weight excluding hydrogens is 484 g/mol. The second kappa shape index (κ2) is 8.47. The minimum atomic E-state index is -0.958. The second-order valence-corrected chi connectivity index (χ2v) is 11.1. The molecule has 1 saturated heterocycles. The van der Waals surface area contributed by atoms with Crippen molar-refractivity contribution >= 4 is 40.3 Å². The zero-order valence-electron chi connectivity index (χ0n) is 21.1. The predicted molar refractivity (Wildman–Crippen MR) is 138 cm³/mol. The fourth-order valence-electron chi connectivity index (χ4n) is 5.97. The molecule has 38 heavy (non-hydrogen) atoms. The normalized spacial score (nSPS) is 25.0. The van der Waals surface area contributed by atoms with Crippen molar-refractivity contribution in [3.63, 3.8) is 0 Å². The van der Waals surface area contributed by atoms with Gasteiger partial charge in [-0.15, -0.1) is 0 Å². The summed E-state index contributed by atoms with van der Waals surface area (Å²) in [4.78, 5) is 55.4. The van der Waals surface area contributed by atoms with Crippen molar-refractivity contribution in [1.82, 2.24) is 25.0 Å². The van der Waals surface area contributed by atoms with E-state index in [0.717, 1.165) is 41.2 Å². The van der Waals surface area contributed by atoms with Crippen LogP contribution in [-0.2, 0) is 9.59 Å². The number of amides is 4. The number of hydrogen-bond acceptors (Lipinski definition) is 7. The molecule has 3 fully saturated rings. The first-order valence-corrected chi connectivity index (χ1v) is 13.3. The van der Waals surface area contributed by atoms with Crippen LogP contribution in [0.3, 0.4) is 0 Å². The van der Waals surface area contributed by atoms with E-state index in [2.05, 4.69) is 28.3 Å². The standard InChI is InChI=1S/C28H28N6O4/c1-14-8-21-24(16-2-3-16)32-34(25(21)30-12-14)18-9-15(10-18)13-29-17-4-5-19-20(11-17)28(38)33(27(19)37)22-6-7-23(35)31-26(22)36/h4-5,8,11-12,15-16,18,22,29H,2-3,6-7,9-10,13H2,1H3,(H,31,35,36). The first kappa shape index (κ1) is 23.1. The van der Waals surface area contributed by atoms with E-state index >= 15 is 0 Å². The first-order valence-electron chi connectivity index (χ1n) is 13.3. The van der Waals surface area contributed by atoms with Crippen molar-refractivity contribution in [3.8, 4) is 0 Å². The Bertz CT molecular complexity index is 1530. The van der Waals surface area contributed by atoms with Crippen LogP contribution in [0.15, 0.2) is 30.5 Å². The molecule has 2 aromatic heterocycles. The molecule has 2 N–H and O–H groups in total. The molecule has 2 aliphatic heterocycles. The van der Waals surface area contributed by atoms with E-state index in [4.69, 9.17) is 10.1 Å². The van der Waals surface area contributed by atoms with Crippen LogP contribution in [-0.4, -0.2) is 55.9 Å². The number of aryl methyl sites for hydroxylation is 1. The fraction of sp³-hybridized carbons (Fsp3) is 0.429. The quantitative estimate of drug-likeness (QED) is 0.486. The Morgan fingerprint density at radius 1 is 1.03 bits per heavy atom. The largest absolute Gasteiger partial charge is 0.385 e. The number of carbonyl (C=O) groups is 4. The molecule has 10 nitrogen and oxygen atoms in total. The number of carbonyl (C=O) groups excluding carboxylic acids is 4. The average Bonchev–Trinajstić information content (AvgIpc) is 3.61. The highest BCUT2D eigenvalue weighted by molar-refractivity contribution is 6.23. The van der Waals surface area contributed by atoms with E-state index < -0.39 is 23.8 Å². The second-order valence-electron chi connectivity index (χ2n) is 11.1. The van der Waals surface area contributed by atoms with Crippen molar-refractivity contribution in [2.75, 3.05) is 11.9 Å². The van der Waals surface area contributed by atoms with Crippen LogP contribution in [0.25, 0.3) is 11.0 Å². The maximum atomic E-state index is 13.1. The maximum Gasteiger partial charge on any atom is 0.262 e. The summed E-state index contributed by atoms with van der Waals surface area (Å²) in [5.41, 5.74) is 4.67. The summed E-state index contributed by atoms with van der Waals surface area (Å²) < 4.78 is 2.13. The minimum absolute atomic E-state index is 0.102. The molecule has 2 saturated carbocycles. The van der Waals surface area contributed by atoms with Gasteiger partial charge in [-0.1, -0.05) is 0 Å². The predicted octanol–water partition coefficient (Wildman–Crippen LogP) is 3.08. The van der Waals surface area contributed by atoms with Gasteiger partial charge in [-0.05, 0) is 74.8 Å². The van der Waals surface area contributed by atoms with E-state index in [1.54, 1.807) is 18.2 Å². The van der Waals surface area contributed by atoms with Gasteiger partial charge in [-0.3, -0.25) is 29.4 Å². The first-order chi connectivity index (χ1) is 18.4. The van der Waals surface area contributed by atoms with E-state index in [-0.39, 0.29) is 29.9 Å². The van der Waals surface area contributed by atoms with Crippen molar-refractivity contribution < 1.29 is 19.2 Å². The molecule has 1 unspecified atom stereocenters. The molecule has 4 aliphatic rings. The molecule has 0 spiro atoms. The highest BCUT2D eigenvalue weighted by atomic mass is 16.2. The number of anilines is 1. The van der Waals surface area contributed by atoms with Gasteiger partial charge in [0.1, 0.15) is 6.04 Å². The number of nitrogens with one attached hydrogen (secondary N) is 2. The lowest BCUT2D eigenvalue weighted by atomic mass is 9.80. The van der Waals surface area contributed by atoms with Crippen LogP contribution in [0.4, 0.5) is 5.69 Å². The van der Waals surface area contributed by atoms with E-state index in [0.29, 0.717) is 17.9 Å². The summed E-state index contributed by atoms with van der Waals surface area (Å²) in [7, 11) is 0. The van der Waals surface area contributed by atoms with Crippen molar-refractivity contribution in [2.45, 2.75) is 63.5 Å². The topological polar surface area (TPSA) is 126 Å². The highest BCUT2D eigenvalue weighted by Crippen LogP contribution is 2.45. The van der Waals surface area contributed by atoms with Crippen LogP contribution in [0.5, 0.6) is 0 Å². The van der Waals surface area contributed by atoms with Gasteiger partial charge in [-0.2, -0.15) is 5.10 Å². The number of aromatic nitrogens is 3. The molecule has 1 atom stereocenters. The smallest absolute Gasteiger partial charge is 0.262 e. The van der Waals surface area contributed by atoms with Crippen molar-refractivity contribution in [2.24, 2.45) is 5.92 Å². The molecule has 0 radical (unpaired) electrons. The lowest BCUT2D eigenvalue weighted by molar-refractivity contribution is -0.136. The van der Waals surface area contributed by atoms with Gasteiger partial charge in [0.05, 0.1) is 22.9 Å². The minimum Gasteiger partial charge on any atom is -0.385 e. The van der Waals surface area contributed by atoms with E-state index in [9.17, 15) is 19.2 Å². The van der Waals surface area contributed by atoms with E-state index in [1.807, 2.05) is 6.20 Å². The molecule has 7 rings (SSSR count). The fourth-order valence-corrected chi connectivity index (χ4v) is 5.97.